The van der Waals surface area contributed by atoms with Gasteiger partial charge < -0.3 is 4.74 Å². The zero-order chi connectivity index (χ0) is 19.6. The maximum atomic E-state index is 13.7. The molecule has 3 aromatic rings. The molecule has 2 aromatic carbocycles. The highest BCUT2D eigenvalue weighted by Crippen LogP contribution is 2.27. The molecule has 0 unspecified atom stereocenters. The van der Waals surface area contributed by atoms with Crippen LogP contribution in [-0.4, -0.2) is 15.6 Å². The number of carbonyl (C=O) groups excluding carboxylic acids is 1. The minimum absolute atomic E-state index is 0.0207. The van der Waals surface area contributed by atoms with E-state index in [1.165, 1.54) is 17.0 Å². The first-order valence-electron chi connectivity index (χ1n) is 8.59. The van der Waals surface area contributed by atoms with Gasteiger partial charge in [-0.05, 0) is 48.7 Å². The van der Waals surface area contributed by atoms with Gasteiger partial charge in [-0.3, -0.25) is 0 Å². The van der Waals surface area contributed by atoms with E-state index in [9.17, 15) is 13.6 Å². The van der Waals surface area contributed by atoms with Crippen LogP contribution in [0.4, 0.5) is 13.6 Å². The van der Waals surface area contributed by atoms with Crippen molar-refractivity contribution in [2.24, 2.45) is 0 Å². The molecule has 0 saturated carbocycles. The summed E-state index contributed by atoms with van der Waals surface area (Å²) in [5, 5.41) is 0. The van der Waals surface area contributed by atoms with Gasteiger partial charge in [-0.15, -0.1) is 0 Å². The number of nitrogens with zero attached hydrogens (tertiary/aromatic N) is 2. The van der Waals surface area contributed by atoms with Crippen molar-refractivity contribution in [3.63, 3.8) is 0 Å². The van der Waals surface area contributed by atoms with Crippen LogP contribution < -0.4 is 0 Å². The highest BCUT2D eigenvalue weighted by molar-refractivity contribution is 5.71. The number of ether oxygens (including phenoxy) is 1. The van der Waals surface area contributed by atoms with E-state index in [0.717, 1.165) is 34.9 Å². The van der Waals surface area contributed by atoms with E-state index in [4.69, 9.17) is 4.74 Å². The van der Waals surface area contributed by atoms with Gasteiger partial charge in [0, 0.05) is 23.9 Å². The molecular weight excluding hydrogens is 350 g/mol. The van der Waals surface area contributed by atoms with Gasteiger partial charge in [-0.25, -0.2) is 23.1 Å². The fourth-order valence-corrected chi connectivity index (χ4v) is 3.03. The minimum atomic E-state index is -0.691. The molecule has 3 rings (SSSR count). The summed E-state index contributed by atoms with van der Waals surface area (Å²) in [6.07, 6.45) is 2.32. The number of benzene rings is 2. The Bertz CT molecular complexity index is 982. The molecule has 0 aliphatic rings. The molecule has 0 N–H and O–H groups in total. The van der Waals surface area contributed by atoms with E-state index in [1.807, 2.05) is 39.0 Å². The lowest BCUT2D eigenvalue weighted by molar-refractivity contribution is 0.139. The van der Waals surface area contributed by atoms with Crippen molar-refractivity contribution in [2.45, 2.75) is 33.3 Å². The Morgan fingerprint density at radius 3 is 2.78 bits per heavy atom. The van der Waals surface area contributed by atoms with Crippen molar-refractivity contribution < 1.29 is 18.3 Å². The Balaban J connectivity index is 1.80. The van der Waals surface area contributed by atoms with E-state index >= 15 is 0 Å². The van der Waals surface area contributed by atoms with E-state index in [1.54, 1.807) is 0 Å². The summed E-state index contributed by atoms with van der Waals surface area (Å²) in [5.41, 5.74) is 3.33. The molecule has 0 amide bonds. The molecule has 140 valence electrons. The van der Waals surface area contributed by atoms with Gasteiger partial charge in [0.25, 0.3) is 0 Å². The van der Waals surface area contributed by atoms with Crippen LogP contribution in [0.1, 0.15) is 40.9 Å². The van der Waals surface area contributed by atoms with Crippen LogP contribution in [0.25, 0.3) is 0 Å². The predicted octanol–water partition coefficient (Wildman–Crippen LogP) is 5.11. The van der Waals surface area contributed by atoms with Crippen molar-refractivity contribution in [1.82, 2.24) is 9.55 Å². The Hall–Kier alpha value is -3.02. The second-order valence-electron chi connectivity index (χ2n) is 6.46. The standard InChI is InChI=1S/C21H20F2N2O2/c1-13-5-4-6-18(14(13)2)15(3)20-24-9-10-25(20)21(26)27-12-16-11-17(22)7-8-19(16)23/h4-11,15H,12H2,1-3H3/t15-/m0/s1. The zero-order valence-electron chi connectivity index (χ0n) is 15.4. The van der Waals surface area contributed by atoms with Crippen LogP contribution in [0.3, 0.4) is 0 Å². The second-order valence-corrected chi connectivity index (χ2v) is 6.46. The number of halogens is 2. The van der Waals surface area contributed by atoms with Gasteiger partial charge >= 0.3 is 6.09 Å². The van der Waals surface area contributed by atoms with Gasteiger partial charge in [0.1, 0.15) is 24.1 Å². The highest BCUT2D eigenvalue weighted by atomic mass is 19.1. The number of aromatic nitrogens is 2. The molecule has 4 nitrogen and oxygen atoms in total. The topological polar surface area (TPSA) is 44.1 Å². The molecule has 27 heavy (non-hydrogen) atoms. The number of hydrogen-bond acceptors (Lipinski definition) is 3. The van der Waals surface area contributed by atoms with Crippen molar-refractivity contribution in [2.75, 3.05) is 0 Å². The van der Waals surface area contributed by atoms with Crippen LogP contribution in [-0.2, 0) is 11.3 Å². The first-order chi connectivity index (χ1) is 12.9. The summed E-state index contributed by atoms with van der Waals surface area (Å²) in [5.74, 6) is -0.833. The lowest BCUT2D eigenvalue weighted by atomic mass is 9.93. The monoisotopic (exact) mass is 370 g/mol. The molecule has 0 saturated heterocycles. The van der Waals surface area contributed by atoms with Crippen molar-refractivity contribution in [3.05, 3.63) is 88.5 Å². The maximum absolute atomic E-state index is 13.7. The molecule has 0 radical (unpaired) electrons. The van der Waals surface area contributed by atoms with E-state index in [2.05, 4.69) is 4.98 Å². The summed E-state index contributed by atoms with van der Waals surface area (Å²) < 4.78 is 33.4. The molecule has 1 atom stereocenters. The number of carbonyl (C=O) groups is 1. The van der Waals surface area contributed by atoms with Crippen LogP contribution in [0.15, 0.2) is 48.8 Å². The lowest BCUT2D eigenvalue weighted by Gasteiger charge is -2.17. The third kappa shape index (κ3) is 3.89. The average Bonchev–Trinajstić information content (AvgIpc) is 3.14. The Kier molecular flexibility index (Phi) is 5.35. The third-order valence-electron chi connectivity index (χ3n) is 4.73. The normalized spacial score (nSPS) is 12.0. The van der Waals surface area contributed by atoms with Crippen LogP contribution >= 0.6 is 0 Å². The first-order valence-corrected chi connectivity index (χ1v) is 8.59. The van der Waals surface area contributed by atoms with Gasteiger partial charge in [0.15, 0.2) is 0 Å². The summed E-state index contributed by atoms with van der Waals surface area (Å²) in [6, 6.07) is 9.02. The van der Waals surface area contributed by atoms with Crippen molar-refractivity contribution in [3.8, 4) is 0 Å². The van der Waals surface area contributed by atoms with Gasteiger partial charge in [0.05, 0.1) is 0 Å². The summed E-state index contributed by atoms with van der Waals surface area (Å²) in [4.78, 5) is 16.8. The number of rotatable bonds is 4. The van der Waals surface area contributed by atoms with Crippen LogP contribution in [0, 0.1) is 25.5 Å². The van der Waals surface area contributed by atoms with Crippen LogP contribution in [0.2, 0.25) is 0 Å². The first kappa shape index (κ1) is 18.8. The zero-order valence-corrected chi connectivity index (χ0v) is 15.4. The number of hydrogen-bond donors (Lipinski definition) is 0. The fraction of sp³-hybridized carbons (Fsp3) is 0.238. The van der Waals surface area contributed by atoms with Crippen molar-refractivity contribution >= 4 is 6.09 Å². The Morgan fingerprint density at radius 1 is 1.22 bits per heavy atom. The second kappa shape index (κ2) is 7.70. The van der Waals surface area contributed by atoms with E-state index in [-0.39, 0.29) is 18.1 Å². The molecule has 6 heteroatoms. The Morgan fingerprint density at radius 2 is 2.00 bits per heavy atom. The molecule has 1 aromatic heterocycles. The molecule has 0 aliphatic heterocycles. The summed E-state index contributed by atoms with van der Waals surface area (Å²) >= 11 is 0. The molecule has 0 fully saturated rings. The van der Waals surface area contributed by atoms with Crippen molar-refractivity contribution in [1.29, 1.82) is 0 Å². The van der Waals surface area contributed by atoms with Gasteiger partial charge in [0.2, 0.25) is 0 Å². The smallest absolute Gasteiger partial charge is 0.419 e. The molecule has 0 aliphatic carbocycles. The molecule has 0 spiro atoms. The number of imidazole rings is 1. The maximum Gasteiger partial charge on any atom is 0.419 e. The average molecular weight is 370 g/mol. The fourth-order valence-electron chi connectivity index (χ4n) is 3.03. The largest absolute Gasteiger partial charge is 0.444 e. The van der Waals surface area contributed by atoms with Crippen LogP contribution in [0.5, 0.6) is 0 Å². The predicted molar refractivity (Wildman–Crippen MR) is 97.6 cm³/mol. The molecule has 0 bridgehead atoms. The van der Waals surface area contributed by atoms with Gasteiger partial charge in [-0.1, -0.05) is 25.1 Å². The quantitative estimate of drug-likeness (QED) is 0.641. The van der Waals surface area contributed by atoms with E-state index in [0.29, 0.717) is 5.82 Å². The lowest BCUT2D eigenvalue weighted by Crippen LogP contribution is -2.18. The highest BCUT2D eigenvalue weighted by Gasteiger charge is 2.21. The summed E-state index contributed by atoms with van der Waals surface area (Å²) in [7, 11) is 0. The molecule has 1 heterocycles. The summed E-state index contributed by atoms with van der Waals surface area (Å²) in [6.45, 7) is 5.65. The SMILES string of the molecule is Cc1cccc([C@H](C)c2nccn2C(=O)OCc2cc(F)ccc2F)c1C. The molecular formula is C21H20F2N2O2. The van der Waals surface area contributed by atoms with E-state index < -0.39 is 17.7 Å². The number of aryl methyl sites for hydroxylation is 1. The minimum Gasteiger partial charge on any atom is -0.444 e. The third-order valence-corrected chi connectivity index (χ3v) is 4.73. The van der Waals surface area contributed by atoms with Gasteiger partial charge in [-0.2, -0.15) is 0 Å². The Labute approximate surface area is 156 Å².